The van der Waals surface area contributed by atoms with Crippen molar-refractivity contribution in [3.05, 3.63) is 29.3 Å². The van der Waals surface area contributed by atoms with Gasteiger partial charge < -0.3 is 10.1 Å². The third-order valence-electron chi connectivity index (χ3n) is 2.38. The Morgan fingerprint density at radius 1 is 1.50 bits per heavy atom. The minimum atomic E-state index is 0.391. The number of nitrogens with one attached hydrogen (secondary N) is 1. The molecule has 0 amide bonds. The van der Waals surface area contributed by atoms with Gasteiger partial charge in [-0.15, -0.1) is 0 Å². The van der Waals surface area contributed by atoms with E-state index in [1.54, 1.807) is 7.11 Å². The maximum absolute atomic E-state index is 5.28. The summed E-state index contributed by atoms with van der Waals surface area (Å²) >= 11 is 2.35. The molecule has 1 aromatic rings. The molecule has 1 unspecified atom stereocenters. The van der Waals surface area contributed by atoms with Crippen LogP contribution in [-0.2, 0) is 4.43 Å². The number of rotatable bonds is 4. The molecule has 0 spiro atoms. The van der Waals surface area contributed by atoms with Crippen LogP contribution in [0.25, 0.3) is 0 Å². The van der Waals surface area contributed by atoms with Gasteiger partial charge in [-0.3, -0.25) is 0 Å². The van der Waals surface area contributed by atoms with Crippen LogP contribution in [0.2, 0.25) is 0 Å². The van der Waals surface area contributed by atoms with Gasteiger partial charge >= 0.3 is 0 Å². The molecule has 1 N–H and O–H groups in total. The van der Waals surface area contributed by atoms with E-state index in [1.165, 1.54) is 11.1 Å². The average Bonchev–Trinajstić information content (AvgIpc) is 2.26. The number of benzene rings is 1. The summed E-state index contributed by atoms with van der Waals surface area (Å²) in [6.07, 6.45) is 0. The second kappa shape index (κ2) is 5.56. The molecule has 0 aliphatic rings. The van der Waals surface area contributed by atoms with Crippen LogP contribution in [0.4, 0.5) is 0 Å². The molecule has 0 bridgehead atoms. The molecule has 0 radical (unpaired) electrons. The predicted molar refractivity (Wildman–Crippen MR) is 68.2 cm³/mol. The van der Waals surface area contributed by atoms with E-state index in [9.17, 15) is 0 Å². The van der Waals surface area contributed by atoms with Crippen molar-refractivity contribution in [3.8, 4) is 5.75 Å². The summed E-state index contributed by atoms with van der Waals surface area (Å²) in [5.74, 6) is 0.978. The van der Waals surface area contributed by atoms with E-state index in [2.05, 4.69) is 47.0 Å². The first-order valence-electron chi connectivity index (χ1n) is 4.63. The van der Waals surface area contributed by atoms with Crippen molar-refractivity contribution in [1.29, 1.82) is 0 Å². The fourth-order valence-electron chi connectivity index (χ4n) is 1.34. The van der Waals surface area contributed by atoms with E-state index in [1.807, 2.05) is 13.1 Å². The summed E-state index contributed by atoms with van der Waals surface area (Å²) < 4.78 is 6.26. The summed E-state index contributed by atoms with van der Waals surface area (Å²) in [5, 5.41) is 3.23. The molecule has 3 heteroatoms. The van der Waals surface area contributed by atoms with Crippen LogP contribution in [0.3, 0.4) is 0 Å². The van der Waals surface area contributed by atoms with Gasteiger partial charge in [0.15, 0.2) is 0 Å². The van der Waals surface area contributed by atoms with Crippen LogP contribution in [0.1, 0.15) is 24.1 Å². The van der Waals surface area contributed by atoms with Crippen molar-refractivity contribution < 1.29 is 4.74 Å². The Hall–Kier alpha value is -0.290. The van der Waals surface area contributed by atoms with Crippen LogP contribution >= 0.6 is 22.6 Å². The van der Waals surface area contributed by atoms with Gasteiger partial charge in [-0.25, -0.2) is 0 Å². The zero-order valence-corrected chi connectivity index (χ0v) is 11.0. The van der Waals surface area contributed by atoms with Crippen molar-refractivity contribution in [3.63, 3.8) is 0 Å². The average molecular weight is 305 g/mol. The zero-order valence-electron chi connectivity index (χ0n) is 8.80. The predicted octanol–water partition coefficient (Wildman–Crippen LogP) is 2.91. The fourth-order valence-corrected chi connectivity index (χ4v) is 1.94. The molecule has 0 aromatic heterocycles. The summed E-state index contributed by atoms with van der Waals surface area (Å²) in [5.41, 5.74) is 2.56. The Morgan fingerprint density at radius 3 is 2.71 bits per heavy atom. The molecule has 1 aromatic carbocycles. The minimum absolute atomic E-state index is 0.391. The molecular weight excluding hydrogens is 289 g/mol. The monoisotopic (exact) mass is 305 g/mol. The lowest BCUT2D eigenvalue weighted by molar-refractivity contribution is 0.411. The van der Waals surface area contributed by atoms with E-state index in [0.29, 0.717) is 6.04 Å². The number of methoxy groups -OCH3 is 1. The second-order valence-electron chi connectivity index (χ2n) is 3.22. The molecule has 0 saturated carbocycles. The maximum Gasteiger partial charge on any atom is 0.122 e. The minimum Gasteiger partial charge on any atom is -0.496 e. The lowest BCUT2D eigenvalue weighted by Crippen LogP contribution is -2.12. The van der Waals surface area contributed by atoms with E-state index < -0.39 is 0 Å². The van der Waals surface area contributed by atoms with Crippen molar-refractivity contribution in [1.82, 2.24) is 5.32 Å². The summed E-state index contributed by atoms with van der Waals surface area (Å²) in [6, 6.07) is 6.74. The molecule has 14 heavy (non-hydrogen) atoms. The van der Waals surface area contributed by atoms with Gasteiger partial charge in [0.1, 0.15) is 5.75 Å². The number of hydrogen-bond acceptors (Lipinski definition) is 2. The lowest BCUT2D eigenvalue weighted by Gasteiger charge is -2.13. The van der Waals surface area contributed by atoms with Crippen LogP contribution in [0.5, 0.6) is 5.75 Å². The SMILES string of the molecule is CNC(C)c1ccc(OC)c(CI)c1. The highest BCUT2D eigenvalue weighted by molar-refractivity contribution is 14.1. The largest absolute Gasteiger partial charge is 0.496 e. The van der Waals surface area contributed by atoms with E-state index >= 15 is 0 Å². The summed E-state index contributed by atoms with van der Waals surface area (Å²) in [6.45, 7) is 2.15. The molecule has 1 atom stereocenters. The first-order chi connectivity index (χ1) is 6.72. The van der Waals surface area contributed by atoms with Gasteiger partial charge in [0.2, 0.25) is 0 Å². The Bertz CT molecular complexity index is 301. The normalized spacial score (nSPS) is 12.6. The van der Waals surface area contributed by atoms with Crippen molar-refractivity contribution in [2.24, 2.45) is 0 Å². The second-order valence-corrected chi connectivity index (χ2v) is 3.98. The topological polar surface area (TPSA) is 21.3 Å². The van der Waals surface area contributed by atoms with Crippen molar-refractivity contribution >= 4 is 22.6 Å². The van der Waals surface area contributed by atoms with Gasteiger partial charge in [0.25, 0.3) is 0 Å². The third-order valence-corrected chi connectivity index (χ3v) is 3.20. The van der Waals surface area contributed by atoms with Crippen LogP contribution in [-0.4, -0.2) is 14.2 Å². The van der Waals surface area contributed by atoms with Gasteiger partial charge in [0.05, 0.1) is 7.11 Å². The molecule has 0 saturated heterocycles. The molecule has 0 fully saturated rings. The highest BCUT2D eigenvalue weighted by Crippen LogP contribution is 2.25. The van der Waals surface area contributed by atoms with Crippen molar-refractivity contribution in [2.45, 2.75) is 17.4 Å². The Labute approximate surface area is 99.2 Å². The number of halogens is 1. The quantitative estimate of drug-likeness (QED) is 0.682. The van der Waals surface area contributed by atoms with E-state index in [4.69, 9.17) is 4.74 Å². The summed E-state index contributed by atoms with van der Waals surface area (Å²) in [4.78, 5) is 0. The number of alkyl halides is 1. The zero-order chi connectivity index (χ0) is 10.6. The highest BCUT2D eigenvalue weighted by atomic mass is 127. The molecule has 78 valence electrons. The number of ether oxygens (including phenoxy) is 1. The highest BCUT2D eigenvalue weighted by Gasteiger charge is 2.06. The van der Waals surface area contributed by atoms with Gasteiger partial charge in [-0.1, -0.05) is 28.7 Å². The molecule has 1 rings (SSSR count). The van der Waals surface area contributed by atoms with E-state index in [-0.39, 0.29) is 0 Å². The Kier molecular flexibility index (Phi) is 4.68. The summed E-state index contributed by atoms with van der Waals surface area (Å²) in [7, 11) is 3.69. The van der Waals surface area contributed by atoms with Crippen molar-refractivity contribution in [2.75, 3.05) is 14.2 Å². The maximum atomic E-state index is 5.28. The van der Waals surface area contributed by atoms with Crippen LogP contribution < -0.4 is 10.1 Å². The van der Waals surface area contributed by atoms with E-state index in [0.717, 1.165) is 10.2 Å². The third kappa shape index (κ3) is 2.60. The van der Waals surface area contributed by atoms with Gasteiger partial charge in [-0.2, -0.15) is 0 Å². The molecular formula is C11H16INO. The first kappa shape index (κ1) is 11.8. The molecule has 2 nitrogen and oxygen atoms in total. The Balaban J connectivity index is 3.01. The fraction of sp³-hybridized carbons (Fsp3) is 0.455. The van der Waals surface area contributed by atoms with Gasteiger partial charge in [0, 0.05) is 16.0 Å². The molecule has 0 aliphatic carbocycles. The molecule has 0 heterocycles. The molecule has 0 aliphatic heterocycles. The number of hydrogen-bond donors (Lipinski definition) is 1. The lowest BCUT2D eigenvalue weighted by atomic mass is 10.1. The van der Waals surface area contributed by atoms with Crippen LogP contribution in [0.15, 0.2) is 18.2 Å². The van der Waals surface area contributed by atoms with Crippen LogP contribution in [0, 0.1) is 0 Å². The first-order valence-corrected chi connectivity index (χ1v) is 6.15. The standard InChI is InChI=1S/C11H16INO/c1-8(13-2)9-4-5-11(14-3)10(6-9)7-12/h4-6,8,13H,7H2,1-3H3. The smallest absolute Gasteiger partial charge is 0.122 e. The van der Waals surface area contributed by atoms with Gasteiger partial charge in [-0.05, 0) is 31.7 Å². The Morgan fingerprint density at radius 2 is 2.21 bits per heavy atom.